The number of nitrogens with two attached hydrogens (primary N) is 1. The normalized spacial score (nSPS) is 10.4. The number of nitrogen functional groups attached to an aromatic ring is 1. The summed E-state index contributed by atoms with van der Waals surface area (Å²) < 4.78 is 0. The fourth-order valence-corrected chi connectivity index (χ4v) is 1.63. The number of H-pyrrole nitrogens is 1. The van der Waals surface area contributed by atoms with E-state index in [1.165, 1.54) is 6.20 Å². The van der Waals surface area contributed by atoms with Gasteiger partial charge in [0.1, 0.15) is 5.69 Å². The predicted molar refractivity (Wildman–Crippen MR) is 69.5 cm³/mol. The van der Waals surface area contributed by atoms with Crippen molar-refractivity contribution in [3.05, 3.63) is 23.3 Å². The van der Waals surface area contributed by atoms with Gasteiger partial charge < -0.3 is 5.73 Å². The molecule has 0 aromatic carbocycles. The molecule has 0 atom stereocenters. The number of aromatic amines is 1. The lowest BCUT2D eigenvalue weighted by molar-refractivity contribution is 0.102. The van der Waals surface area contributed by atoms with E-state index in [4.69, 9.17) is 5.73 Å². The van der Waals surface area contributed by atoms with E-state index >= 15 is 0 Å². The Morgan fingerprint density at radius 1 is 1.32 bits per heavy atom. The molecule has 0 aliphatic carbocycles. The summed E-state index contributed by atoms with van der Waals surface area (Å²) in [5, 5.41) is 16.6. The second-order valence-corrected chi connectivity index (χ2v) is 3.89. The van der Waals surface area contributed by atoms with Crippen LogP contribution in [0.15, 0.2) is 6.20 Å². The zero-order valence-corrected chi connectivity index (χ0v) is 10.8. The summed E-state index contributed by atoms with van der Waals surface area (Å²) in [6, 6.07) is 0. The van der Waals surface area contributed by atoms with Crippen molar-refractivity contribution in [2.45, 2.75) is 26.7 Å². The van der Waals surface area contributed by atoms with Gasteiger partial charge in [-0.3, -0.25) is 15.2 Å². The van der Waals surface area contributed by atoms with Crippen LogP contribution in [0.2, 0.25) is 0 Å². The first-order chi connectivity index (χ1) is 9.15. The average Bonchev–Trinajstić information content (AvgIpc) is 2.85. The summed E-state index contributed by atoms with van der Waals surface area (Å²) in [6.45, 7) is 3.95. The third kappa shape index (κ3) is 2.67. The van der Waals surface area contributed by atoms with E-state index < -0.39 is 5.91 Å². The summed E-state index contributed by atoms with van der Waals surface area (Å²) in [5.74, 6) is -0.281. The highest BCUT2D eigenvalue weighted by Gasteiger charge is 2.14. The van der Waals surface area contributed by atoms with Crippen molar-refractivity contribution in [1.29, 1.82) is 0 Å². The van der Waals surface area contributed by atoms with Crippen LogP contribution in [0.3, 0.4) is 0 Å². The van der Waals surface area contributed by atoms with Gasteiger partial charge in [-0.25, -0.2) is 4.98 Å². The van der Waals surface area contributed by atoms with Crippen LogP contribution in [0.25, 0.3) is 0 Å². The molecule has 8 heteroatoms. The lowest BCUT2D eigenvalue weighted by Gasteiger charge is -2.06. The molecule has 8 nitrogen and oxygen atoms in total. The molecule has 0 saturated heterocycles. The number of carbonyl (C=O) groups is 1. The van der Waals surface area contributed by atoms with E-state index in [0.717, 1.165) is 24.2 Å². The van der Waals surface area contributed by atoms with E-state index in [2.05, 4.69) is 30.7 Å². The maximum Gasteiger partial charge on any atom is 0.278 e. The molecule has 100 valence electrons. The highest BCUT2D eigenvalue weighted by Crippen LogP contribution is 2.10. The second kappa shape index (κ2) is 5.42. The number of carbonyl (C=O) groups excluding carboxylic acids is 1. The minimum atomic E-state index is -0.442. The van der Waals surface area contributed by atoms with Gasteiger partial charge in [-0.15, -0.1) is 10.2 Å². The standard InChI is InChI=1S/C11H15N7O/c1-3-7-8(4-2)16-18-11(14-7)15-10(19)9-6(12)5-13-17-9/h5H,3-4,12H2,1-2H3,(H,13,17)(H,14,15,18,19). The minimum absolute atomic E-state index is 0.160. The Kier molecular flexibility index (Phi) is 3.69. The molecule has 4 N–H and O–H groups in total. The van der Waals surface area contributed by atoms with Crippen LogP contribution in [0.5, 0.6) is 0 Å². The van der Waals surface area contributed by atoms with Crippen molar-refractivity contribution in [2.75, 3.05) is 11.1 Å². The number of aromatic nitrogens is 5. The van der Waals surface area contributed by atoms with E-state index in [-0.39, 0.29) is 17.3 Å². The van der Waals surface area contributed by atoms with Crippen LogP contribution < -0.4 is 11.1 Å². The topological polar surface area (TPSA) is 122 Å². The Bertz CT molecular complexity index is 592. The first-order valence-electron chi connectivity index (χ1n) is 5.98. The van der Waals surface area contributed by atoms with Crippen molar-refractivity contribution in [3.8, 4) is 0 Å². The van der Waals surface area contributed by atoms with Gasteiger partial charge in [0, 0.05) is 0 Å². The summed E-state index contributed by atoms with van der Waals surface area (Å²) in [6.07, 6.45) is 2.85. The first kappa shape index (κ1) is 12.9. The number of rotatable bonds is 4. The molecule has 0 spiro atoms. The van der Waals surface area contributed by atoms with Crippen molar-refractivity contribution in [1.82, 2.24) is 25.4 Å². The summed E-state index contributed by atoms with van der Waals surface area (Å²) in [5.41, 5.74) is 7.70. The molecule has 0 aliphatic heterocycles. The second-order valence-electron chi connectivity index (χ2n) is 3.89. The molecule has 19 heavy (non-hydrogen) atoms. The van der Waals surface area contributed by atoms with Crippen molar-refractivity contribution in [2.24, 2.45) is 0 Å². The lowest BCUT2D eigenvalue weighted by atomic mass is 10.2. The van der Waals surface area contributed by atoms with E-state index in [1.54, 1.807) is 0 Å². The van der Waals surface area contributed by atoms with E-state index in [9.17, 15) is 4.79 Å². The maximum absolute atomic E-state index is 11.9. The van der Waals surface area contributed by atoms with Gasteiger partial charge in [-0.2, -0.15) is 5.10 Å². The molecule has 0 radical (unpaired) electrons. The number of hydrogen-bond donors (Lipinski definition) is 3. The van der Waals surface area contributed by atoms with Gasteiger partial charge in [0.05, 0.1) is 23.3 Å². The number of hydrogen-bond acceptors (Lipinski definition) is 6. The Morgan fingerprint density at radius 3 is 2.63 bits per heavy atom. The van der Waals surface area contributed by atoms with Gasteiger partial charge in [-0.1, -0.05) is 13.8 Å². The number of anilines is 2. The molecular weight excluding hydrogens is 246 g/mol. The molecule has 1 amide bonds. The minimum Gasteiger partial charge on any atom is -0.396 e. The van der Waals surface area contributed by atoms with Crippen molar-refractivity contribution >= 4 is 17.5 Å². The molecule has 2 aromatic rings. The van der Waals surface area contributed by atoms with Crippen molar-refractivity contribution < 1.29 is 4.79 Å². The Hall–Kier alpha value is -2.51. The molecule has 0 fully saturated rings. The first-order valence-corrected chi connectivity index (χ1v) is 5.98. The monoisotopic (exact) mass is 261 g/mol. The third-order valence-corrected chi connectivity index (χ3v) is 2.63. The highest BCUT2D eigenvalue weighted by molar-refractivity contribution is 6.05. The molecular formula is C11H15N7O. The Balaban J connectivity index is 2.20. The zero-order chi connectivity index (χ0) is 13.8. The summed E-state index contributed by atoms with van der Waals surface area (Å²) in [7, 11) is 0. The van der Waals surface area contributed by atoms with Crippen LogP contribution in [-0.2, 0) is 12.8 Å². The molecule has 0 bridgehead atoms. The van der Waals surface area contributed by atoms with Crippen molar-refractivity contribution in [3.63, 3.8) is 0 Å². The largest absolute Gasteiger partial charge is 0.396 e. The zero-order valence-electron chi connectivity index (χ0n) is 10.8. The summed E-state index contributed by atoms with van der Waals surface area (Å²) in [4.78, 5) is 16.1. The van der Waals surface area contributed by atoms with Crippen LogP contribution >= 0.6 is 0 Å². The Labute approximate surface area is 109 Å². The number of aryl methyl sites for hydroxylation is 2. The van der Waals surface area contributed by atoms with Gasteiger partial charge in [-0.05, 0) is 12.8 Å². The van der Waals surface area contributed by atoms with Crippen LogP contribution in [0, 0.1) is 0 Å². The quantitative estimate of drug-likeness (QED) is 0.738. The average molecular weight is 261 g/mol. The van der Waals surface area contributed by atoms with Gasteiger partial charge in [0.15, 0.2) is 0 Å². The predicted octanol–water partition coefficient (Wildman–Crippen LogP) is 0.554. The van der Waals surface area contributed by atoms with Crippen LogP contribution in [-0.4, -0.2) is 31.3 Å². The van der Waals surface area contributed by atoms with Gasteiger partial charge in [0.25, 0.3) is 5.91 Å². The molecule has 2 aromatic heterocycles. The molecule has 2 heterocycles. The maximum atomic E-state index is 11.9. The SMILES string of the molecule is CCc1nnc(NC(=O)c2[nH]ncc2N)nc1CC. The van der Waals surface area contributed by atoms with E-state index in [0.29, 0.717) is 0 Å². The number of nitrogens with one attached hydrogen (secondary N) is 2. The lowest BCUT2D eigenvalue weighted by Crippen LogP contribution is -2.18. The molecule has 0 saturated carbocycles. The van der Waals surface area contributed by atoms with Crippen LogP contribution in [0.4, 0.5) is 11.6 Å². The highest BCUT2D eigenvalue weighted by atomic mass is 16.2. The summed E-state index contributed by atoms with van der Waals surface area (Å²) >= 11 is 0. The fraction of sp³-hybridized carbons (Fsp3) is 0.364. The number of amides is 1. The molecule has 2 rings (SSSR count). The van der Waals surface area contributed by atoms with Gasteiger partial charge in [0.2, 0.25) is 5.95 Å². The third-order valence-electron chi connectivity index (χ3n) is 2.63. The Morgan fingerprint density at radius 2 is 2.05 bits per heavy atom. The molecule has 0 aliphatic rings. The smallest absolute Gasteiger partial charge is 0.278 e. The number of nitrogens with zero attached hydrogens (tertiary/aromatic N) is 4. The van der Waals surface area contributed by atoms with Crippen LogP contribution in [0.1, 0.15) is 35.7 Å². The fourth-order valence-electron chi connectivity index (χ4n) is 1.63. The molecule has 0 unspecified atom stereocenters. The van der Waals surface area contributed by atoms with E-state index in [1.807, 2.05) is 13.8 Å². The van der Waals surface area contributed by atoms with Gasteiger partial charge >= 0.3 is 0 Å².